The highest BCUT2D eigenvalue weighted by Crippen LogP contribution is 2.28. The lowest BCUT2D eigenvalue weighted by molar-refractivity contribution is 0.0925. The first-order valence-electron chi connectivity index (χ1n) is 6.50. The van der Waals surface area contributed by atoms with Crippen LogP contribution in [0.3, 0.4) is 0 Å². The van der Waals surface area contributed by atoms with E-state index in [0.717, 1.165) is 31.7 Å². The molecule has 102 valence electrons. The highest BCUT2D eigenvalue weighted by atomic mass is 16.5. The molecule has 0 aromatic carbocycles. The predicted molar refractivity (Wildman–Crippen MR) is 69.5 cm³/mol. The highest BCUT2D eigenvalue weighted by molar-refractivity contribution is 5.49. The Bertz CT molecular complexity index is 527. The van der Waals surface area contributed by atoms with Crippen LogP contribution in [0.5, 0.6) is 0 Å². The molecule has 1 aliphatic heterocycles. The second-order valence-corrected chi connectivity index (χ2v) is 5.23. The minimum absolute atomic E-state index is 0.229. The molecule has 2 aromatic rings. The van der Waals surface area contributed by atoms with Gasteiger partial charge < -0.3 is 14.3 Å². The van der Waals surface area contributed by atoms with E-state index in [2.05, 4.69) is 34.2 Å². The molecule has 6 heteroatoms. The normalized spacial score (nSPS) is 17.8. The van der Waals surface area contributed by atoms with Gasteiger partial charge in [0.05, 0.1) is 17.4 Å². The number of aromatic nitrogens is 2. The second-order valence-electron chi connectivity index (χ2n) is 5.23. The SMILES string of the molecule is CC(C)(c1noc(-c2ccoc2)n1)N1CCNCC1. The van der Waals surface area contributed by atoms with Crippen LogP contribution in [0.4, 0.5) is 0 Å². The minimum atomic E-state index is -0.229. The van der Waals surface area contributed by atoms with Gasteiger partial charge in [-0.25, -0.2) is 0 Å². The van der Waals surface area contributed by atoms with Gasteiger partial charge in [0, 0.05) is 26.2 Å². The van der Waals surface area contributed by atoms with Gasteiger partial charge >= 0.3 is 0 Å². The lowest BCUT2D eigenvalue weighted by Gasteiger charge is -2.38. The molecule has 1 saturated heterocycles. The van der Waals surface area contributed by atoms with Crippen molar-refractivity contribution in [2.24, 2.45) is 0 Å². The van der Waals surface area contributed by atoms with E-state index in [1.54, 1.807) is 12.5 Å². The Morgan fingerprint density at radius 2 is 2.11 bits per heavy atom. The Labute approximate surface area is 111 Å². The molecular formula is C13H18N4O2. The maximum atomic E-state index is 5.32. The van der Waals surface area contributed by atoms with Crippen LogP contribution in [0.15, 0.2) is 27.5 Å². The molecule has 0 bridgehead atoms. The maximum Gasteiger partial charge on any atom is 0.261 e. The van der Waals surface area contributed by atoms with E-state index in [9.17, 15) is 0 Å². The van der Waals surface area contributed by atoms with E-state index in [4.69, 9.17) is 8.94 Å². The Kier molecular flexibility index (Phi) is 3.12. The summed E-state index contributed by atoms with van der Waals surface area (Å²) < 4.78 is 10.4. The molecule has 6 nitrogen and oxygen atoms in total. The minimum Gasteiger partial charge on any atom is -0.472 e. The molecule has 0 unspecified atom stereocenters. The molecule has 2 aromatic heterocycles. The number of hydrogen-bond acceptors (Lipinski definition) is 6. The second kappa shape index (κ2) is 4.79. The third-order valence-electron chi connectivity index (χ3n) is 3.65. The Hall–Kier alpha value is -1.66. The predicted octanol–water partition coefficient (Wildman–Crippen LogP) is 1.47. The van der Waals surface area contributed by atoms with Gasteiger partial charge in [0.1, 0.15) is 6.26 Å². The lowest BCUT2D eigenvalue weighted by Crippen LogP contribution is -2.52. The largest absolute Gasteiger partial charge is 0.472 e. The molecule has 1 aliphatic rings. The molecule has 0 amide bonds. The third-order valence-corrected chi connectivity index (χ3v) is 3.65. The number of hydrogen-bond donors (Lipinski definition) is 1. The number of rotatable bonds is 3. The van der Waals surface area contributed by atoms with Crippen LogP contribution in [-0.4, -0.2) is 41.2 Å². The standard InChI is InChI=1S/C13H18N4O2/c1-13(2,17-6-4-14-5-7-17)12-15-11(19-16-12)10-3-8-18-9-10/h3,8-9,14H,4-7H2,1-2H3. The van der Waals surface area contributed by atoms with Crippen molar-refractivity contribution in [3.63, 3.8) is 0 Å². The van der Waals surface area contributed by atoms with Crippen molar-refractivity contribution in [1.82, 2.24) is 20.4 Å². The molecular weight excluding hydrogens is 244 g/mol. The molecule has 1 fully saturated rings. The zero-order chi connectivity index (χ0) is 13.3. The molecule has 19 heavy (non-hydrogen) atoms. The van der Waals surface area contributed by atoms with E-state index in [-0.39, 0.29) is 5.54 Å². The quantitative estimate of drug-likeness (QED) is 0.903. The maximum absolute atomic E-state index is 5.32. The lowest BCUT2D eigenvalue weighted by atomic mass is 10.0. The van der Waals surface area contributed by atoms with Gasteiger partial charge in [-0.2, -0.15) is 4.98 Å². The summed E-state index contributed by atoms with van der Waals surface area (Å²) in [6.45, 7) is 8.22. The zero-order valence-corrected chi connectivity index (χ0v) is 11.2. The molecule has 1 N–H and O–H groups in total. The van der Waals surface area contributed by atoms with E-state index < -0.39 is 0 Å². The monoisotopic (exact) mass is 262 g/mol. The average molecular weight is 262 g/mol. The topological polar surface area (TPSA) is 67.3 Å². The van der Waals surface area contributed by atoms with Crippen molar-refractivity contribution in [1.29, 1.82) is 0 Å². The summed E-state index contributed by atoms with van der Waals surface area (Å²) >= 11 is 0. The van der Waals surface area contributed by atoms with Crippen LogP contribution in [0.1, 0.15) is 19.7 Å². The first-order valence-corrected chi connectivity index (χ1v) is 6.50. The number of nitrogens with one attached hydrogen (secondary N) is 1. The van der Waals surface area contributed by atoms with Crippen molar-refractivity contribution in [3.8, 4) is 11.5 Å². The van der Waals surface area contributed by atoms with Crippen molar-refractivity contribution < 1.29 is 8.94 Å². The highest BCUT2D eigenvalue weighted by Gasteiger charge is 2.34. The van der Waals surface area contributed by atoms with Crippen LogP contribution < -0.4 is 5.32 Å². The Morgan fingerprint density at radius 3 is 2.79 bits per heavy atom. The van der Waals surface area contributed by atoms with Gasteiger partial charge in [0.15, 0.2) is 5.82 Å². The summed E-state index contributed by atoms with van der Waals surface area (Å²) in [5.41, 5.74) is 0.586. The summed E-state index contributed by atoms with van der Waals surface area (Å²) in [7, 11) is 0. The molecule has 3 rings (SSSR count). The number of nitrogens with zero attached hydrogens (tertiary/aromatic N) is 3. The van der Waals surface area contributed by atoms with E-state index in [1.165, 1.54) is 0 Å². The van der Waals surface area contributed by atoms with Gasteiger partial charge in [-0.1, -0.05) is 5.16 Å². The fourth-order valence-corrected chi connectivity index (χ4v) is 2.34. The molecule has 3 heterocycles. The molecule has 0 radical (unpaired) electrons. The molecule has 0 atom stereocenters. The fourth-order valence-electron chi connectivity index (χ4n) is 2.34. The van der Waals surface area contributed by atoms with Gasteiger partial charge in [-0.15, -0.1) is 0 Å². The Balaban J connectivity index is 1.84. The third kappa shape index (κ3) is 2.29. The molecule has 0 aliphatic carbocycles. The van der Waals surface area contributed by atoms with Crippen molar-refractivity contribution >= 4 is 0 Å². The van der Waals surface area contributed by atoms with Crippen LogP contribution in [0.2, 0.25) is 0 Å². The summed E-state index contributed by atoms with van der Waals surface area (Å²) in [5, 5.41) is 7.48. The first-order chi connectivity index (χ1) is 9.18. The summed E-state index contributed by atoms with van der Waals surface area (Å²) in [5.74, 6) is 1.22. The van der Waals surface area contributed by atoms with Crippen LogP contribution in [0.25, 0.3) is 11.5 Å². The van der Waals surface area contributed by atoms with Crippen LogP contribution >= 0.6 is 0 Å². The first kappa shape index (κ1) is 12.4. The van der Waals surface area contributed by atoms with E-state index >= 15 is 0 Å². The fraction of sp³-hybridized carbons (Fsp3) is 0.538. The van der Waals surface area contributed by atoms with Crippen LogP contribution in [-0.2, 0) is 5.54 Å². The summed E-state index contributed by atoms with van der Waals surface area (Å²) in [6.07, 6.45) is 3.20. The average Bonchev–Trinajstić information content (AvgIpc) is 3.10. The van der Waals surface area contributed by atoms with Crippen LogP contribution in [0, 0.1) is 0 Å². The Morgan fingerprint density at radius 1 is 1.32 bits per heavy atom. The number of piperazine rings is 1. The summed E-state index contributed by atoms with van der Waals surface area (Å²) in [6, 6.07) is 1.81. The van der Waals surface area contributed by atoms with Crippen molar-refractivity contribution in [2.75, 3.05) is 26.2 Å². The van der Waals surface area contributed by atoms with Crippen molar-refractivity contribution in [2.45, 2.75) is 19.4 Å². The number of furan rings is 1. The zero-order valence-electron chi connectivity index (χ0n) is 11.2. The summed E-state index contributed by atoms with van der Waals surface area (Å²) in [4.78, 5) is 6.87. The smallest absolute Gasteiger partial charge is 0.261 e. The van der Waals surface area contributed by atoms with E-state index in [1.807, 2.05) is 6.07 Å². The molecule has 0 spiro atoms. The van der Waals surface area contributed by atoms with Gasteiger partial charge in [-0.05, 0) is 19.9 Å². The van der Waals surface area contributed by atoms with Gasteiger partial charge in [-0.3, -0.25) is 4.90 Å². The van der Waals surface area contributed by atoms with Gasteiger partial charge in [0.2, 0.25) is 0 Å². The van der Waals surface area contributed by atoms with Crippen molar-refractivity contribution in [3.05, 3.63) is 24.4 Å². The van der Waals surface area contributed by atoms with Gasteiger partial charge in [0.25, 0.3) is 5.89 Å². The molecule has 0 saturated carbocycles. The van der Waals surface area contributed by atoms with E-state index in [0.29, 0.717) is 11.7 Å².